The molecule has 2 aromatic rings. The van der Waals surface area contributed by atoms with Crippen LogP contribution in [0.15, 0.2) is 18.5 Å². The number of hydrogen-bond donors (Lipinski definition) is 1. The van der Waals surface area contributed by atoms with E-state index in [1.165, 1.54) is 0 Å². The lowest BCUT2D eigenvalue weighted by Crippen LogP contribution is -2.32. The number of nitrogens with zero attached hydrogens (tertiary/aromatic N) is 5. The fourth-order valence-corrected chi connectivity index (χ4v) is 2.29. The molecule has 0 amide bonds. The number of rotatable bonds is 2. The van der Waals surface area contributed by atoms with Crippen molar-refractivity contribution in [3.05, 3.63) is 35.5 Å². The minimum Gasteiger partial charge on any atom is -0.365 e. The third-order valence-electron chi connectivity index (χ3n) is 3.36. The molecule has 0 saturated heterocycles. The van der Waals surface area contributed by atoms with Crippen LogP contribution < -0.4 is 5.32 Å². The molecule has 3 heterocycles. The van der Waals surface area contributed by atoms with Gasteiger partial charge in [-0.05, 0) is 25.0 Å². The minimum atomic E-state index is 0.274. The molecule has 2 aromatic heterocycles. The van der Waals surface area contributed by atoms with E-state index in [2.05, 4.69) is 26.5 Å². The highest BCUT2D eigenvalue weighted by Crippen LogP contribution is 2.16. The van der Waals surface area contributed by atoms with Gasteiger partial charge < -0.3 is 5.32 Å². The van der Waals surface area contributed by atoms with Crippen LogP contribution >= 0.6 is 0 Å². The smallest absolute Gasteiger partial charge is 0.145 e. The minimum absolute atomic E-state index is 0.274. The van der Waals surface area contributed by atoms with Crippen LogP contribution in [0.2, 0.25) is 0 Å². The van der Waals surface area contributed by atoms with Gasteiger partial charge in [-0.1, -0.05) is 6.07 Å². The van der Waals surface area contributed by atoms with Crippen LogP contribution in [0, 0.1) is 18.3 Å². The van der Waals surface area contributed by atoms with Gasteiger partial charge in [0.1, 0.15) is 29.7 Å². The zero-order valence-corrected chi connectivity index (χ0v) is 10.7. The molecule has 0 bridgehead atoms. The van der Waals surface area contributed by atoms with Crippen molar-refractivity contribution in [2.45, 2.75) is 32.4 Å². The summed E-state index contributed by atoms with van der Waals surface area (Å²) in [7, 11) is 0. The summed E-state index contributed by atoms with van der Waals surface area (Å²) < 4.78 is 1.92. The summed E-state index contributed by atoms with van der Waals surface area (Å²) in [4.78, 5) is 8.51. The Kier molecular flexibility index (Phi) is 2.88. The molecule has 0 radical (unpaired) electrons. The van der Waals surface area contributed by atoms with Crippen molar-refractivity contribution >= 4 is 5.82 Å². The lowest BCUT2D eigenvalue weighted by atomic mass is 10.1. The van der Waals surface area contributed by atoms with Gasteiger partial charge in [-0.15, -0.1) is 0 Å². The zero-order chi connectivity index (χ0) is 13.2. The van der Waals surface area contributed by atoms with Gasteiger partial charge in [-0.25, -0.2) is 14.6 Å². The fourth-order valence-electron chi connectivity index (χ4n) is 2.29. The molecule has 3 rings (SSSR count). The first-order valence-corrected chi connectivity index (χ1v) is 6.27. The number of hydrogen-bond acceptors (Lipinski definition) is 5. The Hall–Kier alpha value is -2.42. The summed E-state index contributed by atoms with van der Waals surface area (Å²) in [6.45, 7) is 2.67. The molecule has 0 aromatic carbocycles. The van der Waals surface area contributed by atoms with E-state index in [9.17, 15) is 0 Å². The van der Waals surface area contributed by atoms with Crippen molar-refractivity contribution in [2.24, 2.45) is 0 Å². The van der Waals surface area contributed by atoms with Gasteiger partial charge in [-0.2, -0.15) is 10.4 Å². The molecule has 1 N–H and O–H groups in total. The Bertz CT molecular complexity index is 639. The Morgan fingerprint density at radius 3 is 3.21 bits per heavy atom. The molecule has 19 heavy (non-hydrogen) atoms. The highest BCUT2D eigenvalue weighted by molar-refractivity contribution is 5.43. The van der Waals surface area contributed by atoms with Gasteiger partial charge in [0.05, 0.1) is 6.54 Å². The molecule has 1 aliphatic rings. The van der Waals surface area contributed by atoms with Crippen molar-refractivity contribution in [2.75, 3.05) is 5.32 Å². The Morgan fingerprint density at radius 1 is 1.47 bits per heavy atom. The third kappa shape index (κ3) is 2.27. The van der Waals surface area contributed by atoms with E-state index in [0.29, 0.717) is 5.69 Å². The molecule has 1 unspecified atom stereocenters. The van der Waals surface area contributed by atoms with E-state index in [0.717, 1.165) is 36.6 Å². The molecule has 0 saturated carbocycles. The standard InChI is InChI=1S/C13H14N6/c1-9-2-4-12(18-11(9)6-14)17-10-3-5-13-15-8-16-19(13)7-10/h2,4,8,10H,3,5,7H2,1H3,(H,17,18). The molecular weight excluding hydrogens is 240 g/mol. The quantitative estimate of drug-likeness (QED) is 0.873. The van der Waals surface area contributed by atoms with Crippen LogP contribution in [0.25, 0.3) is 0 Å². The SMILES string of the molecule is Cc1ccc(NC2CCc3ncnn3C2)nc1C#N. The van der Waals surface area contributed by atoms with Crippen LogP contribution in [0.3, 0.4) is 0 Å². The molecule has 1 atom stereocenters. The fraction of sp³-hybridized carbons (Fsp3) is 0.385. The second-order valence-corrected chi connectivity index (χ2v) is 4.71. The van der Waals surface area contributed by atoms with Crippen molar-refractivity contribution in [3.63, 3.8) is 0 Å². The third-order valence-corrected chi connectivity index (χ3v) is 3.36. The number of aromatic nitrogens is 4. The first-order valence-electron chi connectivity index (χ1n) is 6.27. The first kappa shape index (κ1) is 11.7. The topological polar surface area (TPSA) is 79.4 Å². The van der Waals surface area contributed by atoms with E-state index >= 15 is 0 Å². The molecule has 96 valence electrons. The van der Waals surface area contributed by atoms with Gasteiger partial charge in [0.2, 0.25) is 0 Å². The van der Waals surface area contributed by atoms with Crippen LogP contribution in [0.5, 0.6) is 0 Å². The second kappa shape index (κ2) is 4.69. The van der Waals surface area contributed by atoms with Gasteiger partial charge in [0.25, 0.3) is 0 Å². The average molecular weight is 254 g/mol. The Morgan fingerprint density at radius 2 is 2.37 bits per heavy atom. The number of nitrogens with one attached hydrogen (secondary N) is 1. The van der Waals surface area contributed by atoms with Gasteiger partial charge in [0.15, 0.2) is 0 Å². The van der Waals surface area contributed by atoms with Crippen LogP contribution in [0.1, 0.15) is 23.5 Å². The van der Waals surface area contributed by atoms with E-state index in [4.69, 9.17) is 5.26 Å². The summed E-state index contributed by atoms with van der Waals surface area (Å²) >= 11 is 0. The highest BCUT2D eigenvalue weighted by Gasteiger charge is 2.19. The molecule has 1 aliphatic heterocycles. The number of aryl methyl sites for hydroxylation is 2. The maximum atomic E-state index is 8.99. The number of anilines is 1. The molecule has 0 fully saturated rings. The molecule has 6 heteroatoms. The first-order chi connectivity index (χ1) is 9.26. The Balaban J connectivity index is 1.75. The van der Waals surface area contributed by atoms with Crippen molar-refractivity contribution in [1.29, 1.82) is 5.26 Å². The largest absolute Gasteiger partial charge is 0.365 e. The predicted octanol–water partition coefficient (Wildman–Crippen LogP) is 1.28. The van der Waals surface area contributed by atoms with Crippen LogP contribution in [-0.4, -0.2) is 25.8 Å². The van der Waals surface area contributed by atoms with Crippen molar-refractivity contribution in [1.82, 2.24) is 19.7 Å². The number of fused-ring (bicyclic) bond motifs is 1. The number of nitriles is 1. The number of pyridine rings is 1. The van der Waals surface area contributed by atoms with Gasteiger partial charge in [-0.3, -0.25) is 0 Å². The summed E-state index contributed by atoms with van der Waals surface area (Å²) in [6.07, 6.45) is 3.50. The molecule has 0 aliphatic carbocycles. The highest BCUT2D eigenvalue weighted by atomic mass is 15.3. The van der Waals surface area contributed by atoms with Gasteiger partial charge >= 0.3 is 0 Å². The Labute approximate surface area is 111 Å². The normalized spacial score (nSPS) is 17.6. The predicted molar refractivity (Wildman–Crippen MR) is 69.4 cm³/mol. The molecule has 0 spiro atoms. The lowest BCUT2D eigenvalue weighted by Gasteiger charge is -2.24. The average Bonchev–Trinajstić information content (AvgIpc) is 2.88. The maximum absolute atomic E-state index is 8.99. The van der Waals surface area contributed by atoms with Crippen molar-refractivity contribution < 1.29 is 0 Å². The summed E-state index contributed by atoms with van der Waals surface area (Å²) in [5.74, 6) is 1.78. The van der Waals surface area contributed by atoms with Crippen LogP contribution in [0.4, 0.5) is 5.82 Å². The van der Waals surface area contributed by atoms with E-state index in [-0.39, 0.29) is 6.04 Å². The molecule has 6 nitrogen and oxygen atoms in total. The van der Waals surface area contributed by atoms with Crippen LogP contribution in [-0.2, 0) is 13.0 Å². The van der Waals surface area contributed by atoms with E-state index < -0.39 is 0 Å². The zero-order valence-electron chi connectivity index (χ0n) is 10.7. The summed E-state index contributed by atoms with van der Waals surface area (Å²) in [5.41, 5.74) is 1.37. The summed E-state index contributed by atoms with van der Waals surface area (Å²) in [6, 6.07) is 6.20. The van der Waals surface area contributed by atoms with Gasteiger partial charge in [0, 0.05) is 12.5 Å². The lowest BCUT2D eigenvalue weighted by molar-refractivity contribution is 0.440. The van der Waals surface area contributed by atoms with E-state index in [1.54, 1.807) is 6.33 Å². The van der Waals surface area contributed by atoms with Crippen molar-refractivity contribution in [3.8, 4) is 6.07 Å². The second-order valence-electron chi connectivity index (χ2n) is 4.71. The monoisotopic (exact) mass is 254 g/mol. The molecular formula is C13H14N6. The maximum Gasteiger partial charge on any atom is 0.145 e. The van der Waals surface area contributed by atoms with E-state index in [1.807, 2.05) is 23.7 Å². The summed E-state index contributed by atoms with van der Waals surface area (Å²) in [5, 5.41) is 16.5.